The molecule has 0 amide bonds. The zero-order valence-electron chi connectivity index (χ0n) is 10.4. The SMILES string of the molecule is NC(CCCC1CCCO1)c1c(F)cccc1Br. The van der Waals surface area contributed by atoms with E-state index in [0.29, 0.717) is 11.7 Å². The van der Waals surface area contributed by atoms with E-state index in [4.69, 9.17) is 10.5 Å². The summed E-state index contributed by atoms with van der Waals surface area (Å²) in [5.41, 5.74) is 6.66. The van der Waals surface area contributed by atoms with Crippen molar-refractivity contribution in [3.63, 3.8) is 0 Å². The molecule has 1 aromatic rings. The van der Waals surface area contributed by atoms with Crippen LogP contribution < -0.4 is 5.73 Å². The fourth-order valence-corrected chi connectivity index (χ4v) is 3.08. The second kappa shape index (κ2) is 6.64. The van der Waals surface area contributed by atoms with Crippen LogP contribution >= 0.6 is 15.9 Å². The second-order valence-electron chi connectivity index (χ2n) is 4.81. The van der Waals surface area contributed by atoms with Crippen LogP contribution in [0.4, 0.5) is 4.39 Å². The van der Waals surface area contributed by atoms with Gasteiger partial charge in [0.2, 0.25) is 0 Å². The Morgan fingerprint density at radius 2 is 2.33 bits per heavy atom. The van der Waals surface area contributed by atoms with Crippen molar-refractivity contribution in [2.75, 3.05) is 6.61 Å². The third-order valence-corrected chi connectivity index (χ3v) is 4.13. The fraction of sp³-hybridized carbons (Fsp3) is 0.571. The minimum absolute atomic E-state index is 0.228. The van der Waals surface area contributed by atoms with Crippen LogP contribution in [0, 0.1) is 5.82 Å². The average molecular weight is 316 g/mol. The third kappa shape index (κ3) is 3.53. The van der Waals surface area contributed by atoms with Crippen LogP contribution in [0.5, 0.6) is 0 Å². The molecule has 18 heavy (non-hydrogen) atoms. The number of hydrogen-bond acceptors (Lipinski definition) is 2. The number of halogens is 2. The summed E-state index contributed by atoms with van der Waals surface area (Å²) in [6.45, 7) is 0.885. The summed E-state index contributed by atoms with van der Waals surface area (Å²) in [5.74, 6) is -0.228. The van der Waals surface area contributed by atoms with E-state index in [1.54, 1.807) is 6.07 Å². The molecule has 0 radical (unpaired) electrons. The highest BCUT2D eigenvalue weighted by molar-refractivity contribution is 9.10. The number of rotatable bonds is 5. The standard InChI is InChI=1S/C14H19BrFNO/c15-11-6-2-7-12(16)14(11)13(17)8-1-4-10-5-3-9-18-10/h2,6-7,10,13H,1,3-5,8-9,17H2. The highest BCUT2D eigenvalue weighted by atomic mass is 79.9. The van der Waals surface area contributed by atoms with Gasteiger partial charge >= 0.3 is 0 Å². The summed E-state index contributed by atoms with van der Waals surface area (Å²) >= 11 is 3.36. The van der Waals surface area contributed by atoms with Gasteiger partial charge < -0.3 is 10.5 Å². The highest BCUT2D eigenvalue weighted by Crippen LogP contribution is 2.28. The van der Waals surface area contributed by atoms with E-state index in [-0.39, 0.29) is 11.9 Å². The van der Waals surface area contributed by atoms with Crippen LogP contribution in [0.1, 0.15) is 43.7 Å². The van der Waals surface area contributed by atoms with Crippen LogP contribution in [0.15, 0.2) is 22.7 Å². The Balaban J connectivity index is 1.85. The minimum atomic E-state index is -0.248. The van der Waals surface area contributed by atoms with Crippen LogP contribution in [0.25, 0.3) is 0 Å². The Labute approximate surface area is 116 Å². The lowest BCUT2D eigenvalue weighted by atomic mass is 9.99. The first-order valence-corrected chi connectivity index (χ1v) is 7.29. The van der Waals surface area contributed by atoms with E-state index in [1.807, 2.05) is 6.07 Å². The van der Waals surface area contributed by atoms with Crippen LogP contribution in [-0.2, 0) is 4.74 Å². The number of nitrogens with two attached hydrogens (primary N) is 1. The molecular formula is C14H19BrFNO. The molecule has 1 aromatic carbocycles. The normalized spacial score (nSPS) is 21.2. The molecule has 4 heteroatoms. The molecule has 100 valence electrons. The maximum absolute atomic E-state index is 13.7. The zero-order chi connectivity index (χ0) is 13.0. The molecule has 1 fully saturated rings. The molecule has 1 saturated heterocycles. The lowest BCUT2D eigenvalue weighted by Crippen LogP contribution is -2.14. The summed E-state index contributed by atoms with van der Waals surface area (Å²) in [6.07, 6.45) is 5.50. The van der Waals surface area contributed by atoms with E-state index in [2.05, 4.69) is 15.9 Å². The molecule has 0 saturated carbocycles. The largest absolute Gasteiger partial charge is 0.378 e. The highest BCUT2D eigenvalue weighted by Gasteiger charge is 2.18. The van der Waals surface area contributed by atoms with Gasteiger partial charge in [-0.25, -0.2) is 4.39 Å². The molecule has 2 nitrogen and oxygen atoms in total. The Hall–Kier alpha value is -0.450. The van der Waals surface area contributed by atoms with Gasteiger partial charge in [-0.05, 0) is 44.2 Å². The van der Waals surface area contributed by atoms with Crippen molar-refractivity contribution in [3.8, 4) is 0 Å². The number of hydrogen-bond donors (Lipinski definition) is 1. The predicted octanol–water partition coefficient (Wildman–Crippen LogP) is 3.94. The smallest absolute Gasteiger partial charge is 0.129 e. The van der Waals surface area contributed by atoms with Gasteiger partial charge in [0.25, 0.3) is 0 Å². The van der Waals surface area contributed by atoms with Gasteiger partial charge in [0.05, 0.1) is 6.10 Å². The molecule has 2 unspecified atom stereocenters. The van der Waals surface area contributed by atoms with Crippen molar-refractivity contribution in [2.24, 2.45) is 5.73 Å². The van der Waals surface area contributed by atoms with Crippen molar-refractivity contribution >= 4 is 15.9 Å². The predicted molar refractivity (Wildman–Crippen MR) is 73.9 cm³/mol. The Morgan fingerprint density at radius 1 is 1.50 bits per heavy atom. The molecule has 1 aliphatic rings. The summed E-state index contributed by atoms with van der Waals surface area (Å²) in [5, 5.41) is 0. The number of ether oxygens (including phenoxy) is 1. The monoisotopic (exact) mass is 315 g/mol. The third-order valence-electron chi connectivity index (χ3n) is 3.44. The van der Waals surface area contributed by atoms with Gasteiger partial charge in [0, 0.05) is 22.7 Å². The Kier molecular flexibility index (Phi) is 5.15. The molecule has 2 rings (SSSR count). The van der Waals surface area contributed by atoms with Crippen LogP contribution in [0.3, 0.4) is 0 Å². The number of benzene rings is 1. The first kappa shape index (κ1) is 14.0. The lowest BCUT2D eigenvalue weighted by Gasteiger charge is -2.16. The lowest BCUT2D eigenvalue weighted by molar-refractivity contribution is 0.101. The minimum Gasteiger partial charge on any atom is -0.378 e. The Morgan fingerprint density at radius 3 is 3.00 bits per heavy atom. The molecule has 1 aliphatic heterocycles. The quantitative estimate of drug-likeness (QED) is 0.893. The summed E-state index contributed by atoms with van der Waals surface area (Å²) in [7, 11) is 0. The summed E-state index contributed by atoms with van der Waals surface area (Å²) in [6, 6.07) is 4.72. The molecule has 0 aliphatic carbocycles. The molecule has 0 aromatic heterocycles. The van der Waals surface area contributed by atoms with Crippen LogP contribution in [0.2, 0.25) is 0 Å². The summed E-state index contributed by atoms with van der Waals surface area (Å²) < 4.78 is 20.0. The van der Waals surface area contributed by atoms with E-state index in [9.17, 15) is 4.39 Å². The molecule has 2 atom stereocenters. The average Bonchev–Trinajstić information content (AvgIpc) is 2.82. The van der Waals surface area contributed by atoms with Crippen molar-refractivity contribution in [2.45, 2.75) is 44.2 Å². The van der Waals surface area contributed by atoms with E-state index >= 15 is 0 Å². The fourth-order valence-electron chi connectivity index (χ4n) is 2.45. The zero-order valence-corrected chi connectivity index (χ0v) is 12.0. The van der Waals surface area contributed by atoms with E-state index in [1.165, 1.54) is 6.07 Å². The van der Waals surface area contributed by atoms with Gasteiger partial charge in [0.1, 0.15) is 5.82 Å². The van der Waals surface area contributed by atoms with Crippen molar-refractivity contribution in [1.82, 2.24) is 0 Å². The van der Waals surface area contributed by atoms with Crippen LogP contribution in [-0.4, -0.2) is 12.7 Å². The second-order valence-corrected chi connectivity index (χ2v) is 5.66. The van der Waals surface area contributed by atoms with E-state index in [0.717, 1.165) is 43.2 Å². The van der Waals surface area contributed by atoms with Gasteiger partial charge in [-0.2, -0.15) is 0 Å². The van der Waals surface area contributed by atoms with Gasteiger partial charge in [-0.3, -0.25) is 0 Å². The van der Waals surface area contributed by atoms with Gasteiger partial charge in [-0.1, -0.05) is 22.0 Å². The summed E-state index contributed by atoms with van der Waals surface area (Å²) in [4.78, 5) is 0. The molecule has 1 heterocycles. The molecule has 2 N–H and O–H groups in total. The molecule has 0 bridgehead atoms. The molecule has 0 spiro atoms. The van der Waals surface area contributed by atoms with Gasteiger partial charge in [0.15, 0.2) is 0 Å². The first-order valence-electron chi connectivity index (χ1n) is 6.49. The van der Waals surface area contributed by atoms with Gasteiger partial charge in [-0.15, -0.1) is 0 Å². The topological polar surface area (TPSA) is 35.2 Å². The van der Waals surface area contributed by atoms with Crippen molar-refractivity contribution < 1.29 is 9.13 Å². The maximum Gasteiger partial charge on any atom is 0.129 e. The van der Waals surface area contributed by atoms with Crippen molar-refractivity contribution in [1.29, 1.82) is 0 Å². The van der Waals surface area contributed by atoms with Crippen molar-refractivity contribution in [3.05, 3.63) is 34.1 Å². The maximum atomic E-state index is 13.7. The molecular weight excluding hydrogens is 297 g/mol. The van der Waals surface area contributed by atoms with E-state index < -0.39 is 0 Å². The Bertz CT molecular complexity index is 373. The first-order chi connectivity index (χ1) is 8.68.